The monoisotopic (exact) mass is 429 g/mol. The van der Waals surface area contributed by atoms with Gasteiger partial charge in [0.2, 0.25) is 0 Å². The van der Waals surface area contributed by atoms with Crippen LogP contribution in [0.2, 0.25) is 0 Å². The maximum Gasteiger partial charge on any atom is 0.407 e. The molecule has 1 amide bonds. The largest absolute Gasteiger partial charge is 0.456 e. The van der Waals surface area contributed by atoms with Crippen molar-refractivity contribution >= 4 is 17.8 Å². The molecule has 0 saturated heterocycles. The fourth-order valence-electron chi connectivity index (χ4n) is 3.84. The van der Waals surface area contributed by atoms with Crippen molar-refractivity contribution in [1.82, 2.24) is 5.32 Å². The van der Waals surface area contributed by atoms with Crippen molar-refractivity contribution in [2.75, 3.05) is 13.2 Å². The Morgan fingerprint density at radius 3 is 2.00 bits per heavy atom. The van der Waals surface area contributed by atoms with Crippen molar-refractivity contribution in [3.8, 4) is 11.1 Å². The zero-order valence-corrected chi connectivity index (χ0v) is 17.6. The van der Waals surface area contributed by atoms with Gasteiger partial charge in [0.15, 0.2) is 12.4 Å². The third-order valence-corrected chi connectivity index (χ3v) is 5.47. The van der Waals surface area contributed by atoms with Crippen LogP contribution in [0, 0.1) is 0 Å². The predicted octanol–water partition coefficient (Wildman–Crippen LogP) is 4.34. The normalized spacial score (nSPS) is 12.9. The van der Waals surface area contributed by atoms with Crippen LogP contribution in [0.25, 0.3) is 11.1 Å². The number of nitrogens with one attached hydrogen (secondary N) is 1. The zero-order valence-electron chi connectivity index (χ0n) is 17.6. The van der Waals surface area contributed by atoms with E-state index in [1.54, 1.807) is 30.3 Å². The number of hydrogen-bond donors (Lipinski definition) is 1. The van der Waals surface area contributed by atoms with E-state index in [4.69, 9.17) is 9.47 Å². The van der Waals surface area contributed by atoms with Crippen molar-refractivity contribution in [3.63, 3.8) is 0 Å². The lowest BCUT2D eigenvalue weighted by Gasteiger charge is -2.16. The Labute approximate surface area is 186 Å². The van der Waals surface area contributed by atoms with Crippen LogP contribution in [0.5, 0.6) is 0 Å². The van der Waals surface area contributed by atoms with Crippen LogP contribution >= 0.6 is 0 Å². The maximum absolute atomic E-state index is 12.3. The van der Waals surface area contributed by atoms with Gasteiger partial charge in [-0.2, -0.15) is 0 Å². The SMILES string of the molecule is C[C@H](NC(=O)OCC1c2ccccc2-c2ccccc21)C(=O)OCC(=O)c1ccccc1. The van der Waals surface area contributed by atoms with Gasteiger partial charge in [0.1, 0.15) is 12.6 Å². The van der Waals surface area contributed by atoms with Crippen molar-refractivity contribution in [3.05, 3.63) is 95.6 Å². The standard InChI is InChI=1S/C26H23NO5/c1-17(25(29)31-16-24(28)18-9-3-2-4-10-18)27-26(30)32-15-23-21-13-7-5-11-19(21)20-12-6-8-14-22(20)23/h2-14,17,23H,15-16H2,1H3,(H,27,30)/t17-/m0/s1. The number of ketones is 1. The summed E-state index contributed by atoms with van der Waals surface area (Å²) in [5.41, 5.74) is 4.94. The Morgan fingerprint density at radius 1 is 0.812 bits per heavy atom. The van der Waals surface area contributed by atoms with E-state index in [1.807, 2.05) is 36.4 Å². The molecule has 1 aliphatic carbocycles. The minimum atomic E-state index is -0.950. The van der Waals surface area contributed by atoms with Crippen LogP contribution in [0.3, 0.4) is 0 Å². The number of carbonyl (C=O) groups excluding carboxylic acids is 3. The number of alkyl carbamates (subject to hydrolysis) is 1. The summed E-state index contributed by atoms with van der Waals surface area (Å²) in [4.78, 5) is 36.5. The molecule has 1 atom stereocenters. The average Bonchev–Trinajstić information content (AvgIpc) is 3.15. The highest BCUT2D eigenvalue weighted by Gasteiger charge is 2.29. The molecule has 0 heterocycles. The van der Waals surface area contributed by atoms with E-state index in [1.165, 1.54) is 6.92 Å². The van der Waals surface area contributed by atoms with E-state index in [0.717, 1.165) is 22.3 Å². The third-order valence-electron chi connectivity index (χ3n) is 5.47. The number of fused-ring (bicyclic) bond motifs is 3. The molecule has 0 aromatic heterocycles. The summed E-state index contributed by atoms with van der Waals surface area (Å²) in [6.07, 6.45) is -0.717. The van der Waals surface area contributed by atoms with E-state index in [-0.39, 0.29) is 24.9 Å². The Balaban J connectivity index is 1.29. The Hall–Kier alpha value is -3.93. The lowest BCUT2D eigenvalue weighted by Crippen LogP contribution is -2.40. The fraction of sp³-hybridized carbons (Fsp3) is 0.192. The minimum absolute atomic E-state index is 0.0705. The highest BCUT2D eigenvalue weighted by Crippen LogP contribution is 2.44. The highest BCUT2D eigenvalue weighted by atomic mass is 16.6. The number of hydrogen-bond acceptors (Lipinski definition) is 5. The number of carbonyl (C=O) groups is 3. The topological polar surface area (TPSA) is 81.7 Å². The van der Waals surface area contributed by atoms with Gasteiger partial charge in [-0.1, -0.05) is 78.9 Å². The van der Waals surface area contributed by atoms with Gasteiger partial charge in [-0.05, 0) is 29.2 Å². The molecule has 1 aliphatic rings. The summed E-state index contributed by atoms with van der Waals surface area (Å²) in [5, 5.41) is 2.47. The molecule has 0 bridgehead atoms. The summed E-state index contributed by atoms with van der Waals surface area (Å²) in [5.74, 6) is -1.09. The van der Waals surface area contributed by atoms with Gasteiger partial charge in [-0.3, -0.25) is 4.79 Å². The lowest BCUT2D eigenvalue weighted by molar-refractivity contribution is -0.144. The number of ether oxygens (including phenoxy) is 2. The first-order chi connectivity index (χ1) is 15.5. The molecule has 4 rings (SSSR count). The molecule has 0 saturated carbocycles. The van der Waals surface area contributed by atoms with Crippen LogP contribution < -0.4 is 5.32 Å². The molecule has 0 fully saturated rings. The first-order valence-electron chi connectivity index (χ1n) is 10.4. The molecule has 0 spiro atoms. The van der Waals surface area contributed by atoms with E-state index in [0.29, 0.717) is 5.56 Å². The maximum atomic E-state index is 12.3. The van der Waals surface area contributed by atoms with Gasteiger partial charge in [0.05, 0.1) is 0 Å². The molecular formula is C26H23NO5. The first-order valence-corrected chi connectivity index (χ1v) is 10.4. The second kappa shape index (κ2) is 9.47. The summed E-state index contributed by atoms with van der Waals surface area (Å²) < 4.78 is 10.5. The van der Waals surface area contributed by atoms with Crippen LogP contribution in [0.4, 0.5) is 4.79 Å². The Kier molecular flexibility index (Phi) is 6.31. The molecule has 0 unspecified atom stereocenters. The van der Waals surface area contributed by atoms with Crippen LogP contribution in [-0.4, -0.2) is 37.1 Å². The minimum Gasteiger partial charge on any atom is -0.456 e. The number of Topliss-reactive ketones (excluding diaryl/α,β-unsaturated/α-hetero) is 1. The molecular weight excluding hydrogens is 406 g/mol. The van der Waals surface area contributed by atoms with E-state index < -0.39 is 18.1 Å². The molecule has 0 aliphatic heterocycles. The predicted molar refractivity (Wildman–Crippen MR) is 119 cm³/mol. The van der Waals surface area contributed by atoms with E-state index >= 15 is 0 Å². The van der Waals surface area contributed by atoms with Crippen LogP contribution in [0.1, 0.15) is 34.3 Å². The second-order valence-corrected chi connectivity index (χ2v) is 7.59. The molecule has 1 N–H and O–H groups in total. The van der Waals surface area contributed by atoms with E-state index in [2.05, 4.69) is 17.4 Å². The van der Waals surface area contributed by atoms with Crippen molar-refractivity contribution in [2.45, 2.75) is 18.9 Å². The molecule has 162 valence electrons. The van der Waals surface area contributed by atoms with Gasteiger partial charge >= 0.3 is 12.1 Å². The van der Waals surface area contributed by atoms with Gasteiger partial charge < -0.3 is 14.8 Å². The molecule has 32 heavy (non-hydrogen) atoms. The lowest BCUT2D eigenvalue weighted by atomic mass is 9.98. The van der Waals surface area contributed by atoms with Crippen molar-refractivity contribution in [2.24, 2.45) is 0 Å². The summed E-state index contributed by atoms with van der Waals surface area (Å²) in [7, 11) is 0. The van der Waals surface area contributed by atoms with Crippen LogP contribution in [0.15, 0.2) is 78.9 Å². The number of benzene rings is 3. The quantitative estimate of drug-likeness (QED) is 0.446. The van der Waals surface area contributed by atoms with E-state index in [9.17, 15) is 14.4 Å². The molecule has 6 heteroatoms. The number of esters is 1. The smallest absolute Gasteiger partial charge is 0.407 e. The van der Waals surface area contributed by atoms with Gasteiger partial charge in [0, 0.05) is 11.5 Å². The van der Waals surface area contributed by atoms with Gasteiger partial charge in [-0.25, -0.2) is 9.59 Å². The summed E-state index contributed by atoms with van der Waals surface area (Å²) in [6.45, 7) is 1.24. The van der Waals surface area contributed by atoms with Crippen molar-refractivity contribution < 1.29 is 23.9 Å². The summed E-state index contributed by atoms with van der Waals surface area (Å²) >= 11 is 0. The molecule has 0 radical (unpaired) electrons. The average molecular weight is 429 g/mol. The Morgan fingerprint density at radius 2 is 1.38 bits per heavy atom. The summed E-state index contributed by atoms with van der Waals surface area (Å²) in [6, 6.07) is 23.7. The van der Waals surface area contributed by atoms with Gasteiger partial charge in [-0.15, -0.1) is 0 Å². The zero-order chi connectivity index (χ0) is 22.5. The van der Waals surface area contributed by atoms with Crippen molar-refractivity contribution in [1.29, 1.82) is 0 Å². The third kappa shape index (κ3) is 4.54. The molecule has 3 aromatic rings. The number of rotatable bonds is 7. The molecule has 6 nitrogen and oxygen atoms in total. The highest BCUT2D eigenvalue weighted by molar-refractivity contribution is 5.98. The van der Waals surface area contributed by atoms with Gasteiger partial charge in [0.25, 0.3) is 0 Å². The second-order valence-electron chi connectivity index (χ2n) is 7.59. The molecule has 3 aromatic carbocycles. The first kappa shape index (κ1) is 21.3. The van der Waals surface area contributed by atoms with Crippen LogP contribution in [-0.2, 0) is 14.3 Å². The number of amides is 1. The Bertz CT molecular complexity index is 1100. The fourth-order valence-corrected chi connectivity index (χ4v) is 3.84.